The Labute approximate surface area is 80.3 Å². The van der Waals surface area contributed by atoms with Crippen molar-refractivity contribution in [1.29, 1.82) is 0 Å². The predicted molar refractivity (Wildman–Crippen MR) is 46.0 cm³/mol. The molecule has 0 unspecified atom stereocenters. The van der Waals surface area contributed by atoms with Crippen LogP contribution in [0, 0.1) is 15.2 Å². The van der Waals surface area contributed by atoms with E-state index in [0.717, 1.165) is 12.1 Å². The van der Waals surface area contributed by atoms with Crippen LogP contribution in [-0.4, -0.2) is 11.1 Å². The fraction of sp³-hybridized carbons (Fsp3) is 0. The first kappa shape index (κ1) is 9.37. The van der Waals surface area contributed by atoms with Gasteiger partial charge in [0, 0.05) is 0 Å². The van der Waals surface area contributed by atoms with Gasteiger partial charge in [-0.05, 0) is 34.7 Å². The number of carboxylic acid groups (broad SMARTS) is 1. The van der Waals surface area contributed by atoms with Gasteiger partial charge in [0.15, 0.2) is 0 Å². The Morgan fingerprint density at radius 1 is 1.33 bits per heavy atom. The van der Waals surface area contributed by atoms with Gasteiger partial charge in [-0.3, -0.25) is 0 Å². The molecule has 1 aromatic carbocycles. The standard InChI is InChI=1S/C7H3F2IO2/c8-3-1-2-4(9)6(10)5(3)7(11)12/h1-2H,(H,11,12). The molecule has 0 aliphatic carbocycles. The maximum Gasteiger partial charge on any atom is 0.339 e. The summed E-state index contributed by atoms with van der Waals surface area (Å²) in [5, 5.41) is 8.46. The predicted octanol–water partition coefficient (Wildman–Crippen LogP) is 2.27. The Kier molecular flexibility index (Phi) is 2.61. The van der Waals surface area contributed by atoms with Crippen LogP contribution in [0.1, 0.15) is 10.4 Å². The van der Waals surface area contributed by atoms with E-state index in [9.17, 15) is 13.6 Å². The van der Waals surface area contributed by atoms with E-state index < -0.39 is 23.2 Å². The fourth-order valence-electron chi connectivity index (χ4n) is 0.723. The van der Waals surface area contributed by atoms with Gasteiger partial charge in [-0.25, -0.2) is 13.6 Å². The molecule has 0 aliphatic rings. The summed E-state index contributed by atoms with van der Waals surface area (Å²) in [7, 11) is 0. The third-order valence-corrected chi connectivity index (χ3v) is 2.31. The minimum Gasteiger partial charge on any atom is -0.478 e. The van der Waals surface area contributed by atoms with Crippen molar-refractivity contribution < 1.29 is 18.7 Å². The third kappa shape index (κ3) is 1.55. The van der Waals surface area contributed by atoms with Crippen LogP contribution in [0.15, 0.2) is 12.1 Å². The van der Waals surface area contributed by atoms with Gasteiger partial charge in [-0.15, -0.1) is 0 Å². The molecule has 64 valence electrons. The van der Waals surface area contributed by atoms with E-state index in [1.54, 1.807) is 0 Å². The average molecular weight is 284 g/mol. The van der Waals surface area contributed by atoms with Crippen molar-refractivity contribution in [2.24, 2.45) is 0 Å². The van der Waals surface area contributed by atoms with Gasteiger partial charge in [0.1, 0.15) is 17.2 Å². The summed E-state index contributed by atoms with van der Waals surface area (Å²) in [5.41, 5.74) is -0.615. The van der Waals surface area contributed by atoms with Crippen molar-refractivity contribution in [3.63, 3.8) is 0 Å². The molecule has 0 saturated carbocycles. The Morgan fingerprint density at radius 3 is 2.25 bits per heavy atom. The quantitative estimate of drug-likeness (QED) is 0.634. The molecule has 1 rings (SSSR count). The van der Waals surface area contributed by atoms with Gasteiger partial charge in [0.25, 0.3) is 0 Å². The molecular weight excluding hydrogens is 281 g/mol. The molecule has 0 amide bonds. The monoisotopic (exact) mass is 284 g/mol. The van der Waals surface area contributed by atoms with Crippen molar-refractivity contribution in [1.82, 2.24) is 0 Å². The number of halogens is 3. The lowest BCUT2D eigenvalue weighted by molar-refractivity contribution is 0.0690. The molecule has 0 radical (unpaired) electrons. The summed E-state index contributed by atoms with van der Waals surface area (Å²) in [6, 6.07) is 1.69. The summed E-state index contributed by atoms with van der Waals surface area (Å²) in [5.74, 6) is -3.11. The molecule has 0 fully saturated rings. The molecule has 0 spiro atoms. The lowest BCUT2D eigenvalue weighted by Crippen LogP contribution is -2.05. The van der Waals surface area contributed by atoms with Crippen LogP contribution in [0.3, 0.4) is 0 Å². The van der Waals surface area contributed by atoms with Crippen LogP contribution in [-0.2, 0) is 0 Å². The molecule has 12 heavy (non-hydrogen) atoms. The van der Waals surface area contributed by atoms with Crippen LogP contribution in [0.2, 0.25) is 0 Å². The summed E-state index contributed by atoms with van der Waals surface area (Å²) >= 11 is 1.45. The van der Waals surface area contributed by atoms with Gasteiger partial charge in [-0.1, -0.05) is 0 Å². The molecule has 1 N–H and O–H groups in total. The molecule has 0 aliphatic heterocycles. The number of rotatable bonds is 1. The molecule has 0 aromatic heterocycles. The SMILES string of the molecule is O=C(O)c1c(F)ccc(F)c1I. The Bertz CT molecular complexity index is 338. The van der Waals surface area contributed by atoms with E-state index >= 15 is 0 Å². The van der Waals surface area contributed by atoms with Crippen molar-refractivity contribution in [2.75, 3.05) is 0 Å². The van der Waals surface area contributed by atoms with E-state index in [1.165, 1.54) is 22.6 Å². The van der Waals surface area contributed by atoms with Crippen molar-refractivity contribution in [3.05, 3.63) is 32.9 Å². The number of carbonyl (C=O) groups is 1. The van der Waals surface area contributed by atoms with Crippen LogP contribution in [0.4, 0.5) is 8.78 Å². The van der Waals surface area contributed by atoms with Gasteiger partial charge in [0.2, 0.25) is 0 Å². The second-order valence-electron chi connectivity index (χ2n) is 2.02. The van der Waals surface area contributed by atoms with Gasteiger partial charge in [0.05, 0.1) is 3.57 Å². The van der Waals surface area contributed by atoms with Crippen LogP contribution >= 0.6 is 22.6 Å². The smallest absolute Gasteiger partial charge is 0.339 e. The van der Waals surface area contributed by atoms with Crippen molar-refractivity contribution in [3.8, 4) is 0 Å². The number of aromatic carboxylic acids is 1. The topological polar surface area (TPSA) is 37.3 Å². The molecule has 0 saturated heterocycles. The second kappa shape index (κ2) is 3.34. The van der Waals surface area contributed by atoms with Crippen LogP contribution in [0.25, 0.3) is 0 Å². The van der Waals surface area contributed by atoms with Crippen LogP contribution in [0.5, 0.6) is 0 Å². The molecule has 0 atom stereocenters. The molecule has 5 heteroatoms. The fourth-order valence-corrected chi connectivity index (χ4v) is 1.39. The minimum atomic E-state index is -1.46. The van der Waals surface area contributed by atoms with Crippen molar-refractivity contribution in [2.45, 2.75) is 0 Å². The summed E-state index contributed by atoms with van der Waals surface area (Å²) in [4.78, 5) is 10.4. The Balaban J connectivity index is 3.43. The first-order valence-corrected chi connectivity index (χ1v) is 3.98. The zero-order chi connectivity index (χ0) is 9.30. The molecule has 2 nitrogen and oxygen atoms in total. The Hall–Kier alpha value is -0.720. The van der Waals surface area contributed by atoms with Gasteiger partial charge >= 0.3 is 5.97 Å². The third-order valence-electron chi connectivity index (χ3n) is 1.26. The largest absolute Gasteiger partial charge is 0.478 e. The second-order valence-corrected chi connectivity index (χ2v) is 3.10. The maximum atomic E-state index is 12.7. The molecular formula is C7H3F2IO2. The van der Waals surface area contributed by atoms with E-state index in [0.29, 0.717) is 0 Å². The lowest BCUT2D eigenvalue weighted by atomic mass is 10.2. The van der Waals surface area contributed by atoms with Crippen LogP contribution < -0.4 is 0 Å². The zero-order valence-electron chi connectivity index (χ0n) is 5.64. The molecule has 0 heterocycles. The first-order chi connectivity index (χ1) is 5.54. The maximum absolute atomic E-state index is 12.7. The Morgan fingerprint density at radius 2 is 1.83 bits per heavy atom. The van der Waals surface area contributed by atoms with E-state index in [-0.39, 0.29) is 3.57 Å². The minimum absolute atomic E-state index is 0.208. The van der Waals surface area contributed by atoms with E-state index in [1.807, 2.05) is 0 Å². The number of carboxylic acids is 1. The highest BCUT2D eigenvalue weighted by Crippen LogP contribution is 2.19. The summed E-state index contributed by atoms with van der Waals surface area (Å²) in [6.07, 6.45) is 0. The molecule has 1 aromatic rings. The average Bonchev–Trinajstić information content (AvgIpc) is 1.97. The summed E-state index contributed by atoms with van der Waals surface area (Å²) < 4.78 is 25.2. The summed E-state index contributed by atoms with van der Waals surface area (Å²) in [6.45, 7) is 0. The van der Waals surface area contributed by atoms with E-state index in [2.05, 4.69) is 0 Å². The highest BCUT2D eigenvalue weighted by atomic mass is 127. The molecule has 0 bridgehead atoms. The number of hydrogen-bond acceptors (Lipinski definition) is 1. The normalized spacial score (nSPS) is 9.92. The first-order valence-electron chi connectivity index (χ1n) is 2.91. The number of hydrogen-bond donors (Lipinski definition) is 1. The highest BCUT2D eigenvalue weighted by molar-refractivity contribution is 14.1. The lowest BCUT2D eigenvalue weighted by Gasteiger charge is -2.00. The van der Waals surface area contributed by atoms with Gasteiger partial charge in [-0.2, -0.15) is 0 Å². The number of benzene rings is 1. The van der Waals surface area contributed by atoms with Gasteiger partial charge < -0.3 is 5.11 Å². The van der Waals surface area contributed by atoms with Crippen molar-refractivity contribution >= 4 is 28.6 Å². The zero-order valence-corrected chi connectivity index (χ0v) is 7.80. The highest BCUT2D eigenvalue weighted by Gasteiger charge is 2.17. The van der Waals surface area contributed by atoms with E-state index in [4.69, 9.17) is 5.11 Å².